The van der Waals surface area contributed by atoms with Crippen LogP contribution in [0.3, 0.4) is 0 Å². The van der Waals surface area contributed by atoms with E-state index in [1.54, 1.807) is 52.7 Å². The smallest absolute Gasteiger partial charge is 0.119 e. The van der Waals surface area contributed by atoms with E-state index in [9.17, 15) is 10.5 Å². The standard InChI is InChI=1S/C60H44N4O4/c1-65-55-31-23-51(24-32-55)63(52-25-33-56(66-2)34-26-52)49-19-15-47(16-20-49)59(39-13-43-5-9-45(41-61)10-6-43)60(40-14-44-7-11-46(42-62)12-8-44)48-17-21-50(22-18-48)64(53-27-35-57(67-3)36-28-53)54-29-37-58(68-4)38-30-54/h5-12,15-38H,1-4H3/b60-59+. The lowest BCUT2D eigenvalue weighted by molar-refractivity contribution is 0.414. The van der Waals surface area contributed by atoms with E-state index in [0.29, 0.717) is 22.3 Å². The van der Waals surface area contributed by atoms with Gasteiger partial charge in [0.25, 0.3) is 0 Å². The molecule has 8 nitrogen and oxygen atoms in total. The minimum Gasteiger partial charge on any atom is -0.497 e. The van der Waals surface area contributed by atoms with Crippen LogP contribution in [0.5, 0.6) is 23.0 Å². The predicted molar refractivity (Wildman–Crippen MR) is 271 cm³/mol. The lowest BCUT2D eigenvalue weighted by Crippen LogP contribution is -2.10. The highest BCUT2D eigenvalue weighted by molar-refractivity contribution is 6.05. The first-order valence-corrected chi connectivity index (χ1v) is 21.6. The number of hydrogen-bond donors (Lipinski definition) is 0. The van der Waals surface area contributed by atoms with Gasteiger partial charge in [0.2, 0.25) is 0 Å². The van der Waals surface area contributed by atoms with Crippen molar-refractivity contribution in [3.8, 4) is 58.8 Å². The molecule has 0 radical (unpaired) electrons. The van der Waals surface area contributed by atoms with Crippen LogP contribution in [-0.4, -0.2) is 28.4 Å². The van der Waals surface area contributed by atoms with E-state index in [1.165, 1.54) is 0 Å². The van der Waals surface area contributed by atoms with Gasteiger partial charge in [-0.05, 0) is 181 Å². The zero-order valence-electron chi connectivity index (χ0n) is 37.9. The summed E-state index contributed by atoms with van der Waals surface area (Å²) < 4.78 is 22.0. The molecule has 0 aliphatic rings. The molecule has 0 atom stereocenters. The van der Waals surface area contributed by atoms with Crippen LogP contribution in [0.2, 0.25) is 0 Å². The van der Waals surface area contributed by atoms with Gasteiger partial charge in [-0.15, -0.1) is 0 Å². The van der Waals surface area contributed by atoms with Gasteiger partial charge in [0, 0.05) is 56.4 Å². The molecule has 0 aliphatic carbocycles. The number of benzene rings is 8. The molecule has 0 aliphatic heterocycles. The van der Waals surface area contributed by atoms with E-state index >= 15 is 0 Å². The summed E-state index contributed by atoms with van der Waals surface area (Å²) in [6.45, 7) is 0. The lowest BCUT2D eigenvalue weighted by Gasteiger charge is -2.26. The molecule has 8 heteroatoms. The molecule has 0 fully saturated rings. The van der Waals surface area contributed by atoms with Crippen molar-refractivity contribution in [3.05, 3.63) is 228 Å². The highest BCUT2D eigenvalue weighted by atomic mass is 16.5. The Morgan fingerprint density at radius 3 is 0.750 bits per heavy atom. The van der Waals surface area contributed by atoms with Crippen molar-refractivity contribution < 1.29 is 18.9 Å². The van der Waals surface area contributed by atoms with E-state index in [4.69, 9.17) is 18.9 Å². The molecular formula is C60H44N4O4. The minimum absolute atomic E-state index is 0.549. The van der Waals surface area contributed by atoms with E-state index in [2.05, 4.69) is 94.2 Å². The van der Waals surface area contributed by atoms with Crippen molar-refractivity contribution in [1.82, 2.24) is 0 Å². The van der Waals surface area contributed by atoms with Gasteiger partial charge >= 0.3 is 0 Å². The molecule has 0 N–H and O–H groups in total. The summed E-state index contributed by atoms with van der Waals surface area (Å²) in [6.07, 6.45) is 0. The second-order valence-corrected chi connectivity index (χ2v) is 15.2. The maximum absolute atomic E-state index is 9.50. The van der Waals surface area contributed by atoms with Gasteiger partial charge in [0.1, 0.15) is 23.0 Å². The quantitative estimate of drug-likeness (QED) is 0.0885. The molecule has 68 heavy (non-hydrogen) atoms. The van der Waals surface area contributed by atoms with Crippen LogP contribution in [0.15, 0.2) is 194 Å². The van der Waals surface area contributed by atoms with Crippen molar-refractivity contribution in [2.45, 2.75) is 0 Å². The molecule has 0 bridgehead atoms. The average molecular weight is 885 g/mol. The summed E-state index contributed by atoms with van der Waals surface area (Å²) in [5.41, 5.74) is 11.2. The number of allylic oxidation sites excluding steroid dienone is 2. The molecule has 8 aromatic rings. The van der Waals surface area contributed by atoms with E-state index < -0.39 is 0 Å². The number of nitriles is 2. The Hall–Kier alpha value is -9.60. The monoisotopic (exact) mass is 884 g/mol. The molecule has 8 rings (SSSR count). The van der Waals surface area contributed by atoms with E-state index in [1.807, 2.05) is 121 Å². The summed E-state index contributed by atoms with van der Waals surface area (Å²) in [5, 5.41) is 19.0. The normalized spacial score (nSPS) is 10.6. The van der Waals surface area contributed by atoms with Gasteiger partial charge in [0.05, 0.1) is 51.7 Å². The number of rotatable bonds is 12. The Labute approximate surface area is 397 Å². The van der Waals surface area contributed by atoms with Crippen LogP contribution in [-0.2, 0) is 0 Å². The Morgan fingerprint density at radius 1 is 0.309 bits per heavy atom. The Morgan fingerprint density at radius 2 is 0.529 bits per heavy atom. The summed E-state index contributed by atoms with van der Waals surface area (Å²) in [4.78, 5) is 4.33. The first-order valence-electron chi connectivity index (χ1n) is 21.6. The van der Waals surface area contributed by atoms with Crippen LogP contribution in [0, 0.1) is 46.3 Å². The number of anilines is 6. The molecule has 0 saturated carbocycles. The third kappa shape index (κ3) is 10.5. The SMILES string of the molecule is COc1ccc(N(c2ccc(OC)cc2)c2ccc(/C(C#Cc3ccc(C#N)cc3)=C(\C#Cc3ccc(C#N)cc3)c3ccc(N(c4ccc(OC)cc4)c4ccc(OC)cc4)cc3)cc2)cc1. The molecule has 0 heterocycles. The number of hydrogen-bond acceptors (Lipinski definition) is 8. The van der Waals surface area contributed by atoms with Gasteiger partial charge in [-0.3, -0.25) is 0 Å². The zero-order valence-corrected chi connectivity index (χ0v) is 37.9. The molecular weight excluding hydrogens is 841 g/mol. The fourth-order valence-corrected chi connectivity index (χ4v) is 7.46. The third-order valence-corrected chi connectivity index (χ3v) is 11.1. The van der Waals surface area contributed by atoms with Gasteiger partial charge in [0.15, 0.2) is 0 Å². The molecule has 0 unspecified atom stereocenters. The highest BCUT2D eigenvalue weighted by Crippen LogP contribution is 2.39. The van der Waals surface area contributed by atoms with Gasteiger partial charge in [-0.25, -0.2) is 0 Å². The third-order valence-electron chi connectivity index (χ3n) is 11.1. The first kappa shape index (κ1) is 45.0. The Kier molecular flexibility index (Phi) is 14.1. The highest BCUT2D eigenvalue weighted by Gasteiger charge is 2.17. The van der Waals surface area contributed by atoms with Crippen molar-refractivity contribution in [2.24, 2.45) is 0 Å². The summed E-state index contributed by atoms with van der Waals surface area (Å²) in [6, 6.07) is 67.1. The van der Waals surface area contributed by atoms with Crippen molar-refractivity contribution in [3.63, 3.8) is 0 Å². The minimum atomic E-state index is 0.549. The van der Waals surface area contributed by atoms with Crippen LogP contribution in [0.1, 0.15) is 33.4 Å². The van der Waals surface area contributed by atoms with Crippen LogP contribution < -0.4 is 28.7 Å². The number of ether oxygens (including phenoxy) is 4. The number of nitrogens with zero attached hydrogens (tertiary/aromatic N) is 4. The molecule has 0 saturated heterocycles. The Bertz CT molecular complexity index is 2920. The average Bonchev–Trinajstić information content (AvgIpc) is 3.41. The van der Waals surface area contributed by atoms with E-state index in [-0.39, 0.29) is 0 Å². The molecule has 0 amide bonds. The molecule has 328 valence electrons. The summed E-state index contributed by atoms with van der Waals surface area (Å²) >= 11 is 0. The zero-order chi connectivity index (χ0) is 47.2. The summed E-state index contributed by atoms with van der Waals surface area (Å²) in [5.74, 6) is 16.8. The molecule has 0 aromatic heterocycles. The van der Waals surface area contributed by atoms with Crippen LogP contribution in [0.4, 0.5) is 34.1 Å². The molecule has 8 aromatic carbocycles. The predicted octanol–water partition coefficient (Wildman–Crippen LogP) is 13.4. The maximum Gasteiger partial charge on any atom is 0.119 e. The maximum atomic E-state index is 9.50. The van der Waals surface area contributed by atoms with Crippen molar-refractivity contribution in [2.75, 3.05) is 38.2 Å². The largest absolute Gasteiger partial charge is 0.497 e. The van der Waals surface area contributed by atoms with Crippen molar-refractivity contribution in [1.29, 1.82) is 10.5 Å². The van der Waals surface area contributed by atoms with Crippen LogP contribution >= 0.6 is 0 Å². The fourth-order valence-electron chi connectivity index (χ4n) is 7.46. The second kappa shape index (κ2) is 21.4. The van der Waals surface area contributed by atoms with Gasteiger partial charge in [-0.1, -0.05) is 47.9 Å². The topological polar surface area (TPSA) is 91.0 Å². The van der Waals surface area contributed by atoms with Crippen LogP contribution in [0.25, 0.3) is 11.1 Å². The van der Waals surface area contributed by atoms with E-state index in [0.717, 1.165) is 79.4 Å². The second-order valence-electron chi connectivity index (χ2n) is 15.2. The van der Waals surface area contributed by atoms with Gasteiger partial charge < -0.3 is 28.7 Å². The first-order chi connectivity index (χ1) is 33.4. The number of methoxy groups -OCH3 is 4. The summed E-state index contributed by atoms with van der Waals surface area (Å²) in [7, 11) is 6.62. The van der Waals surface area contributed by atoms with Crippen molar-refractivity contribution >= 4 is 45.3 Å². The molecule has 0 spiro atoms. The Balaban J connectivity index is 1.30. The fraction of sp³-hybridized carbons (Fsp3) is 0.0667. The van der Waals surface area contributed by atoms with Gasteiger partial charge in [-0.2, -0.15) is 10.5 Å². The lowest BCUT2D eigenvalue weighted by atomic mass is 9.93.